The molecular formula is C13H18N4O3. The third kappa shape index (κ3) is 3.24. The van der Waals surface area contributed by atoms with Crippen molar-refractivity contribution >= 4 is 17.4 Å². The van der Waals surface area contributed by atoms with Crippen molar-refractivity contribution in [2.24, 2.45) is 11.7 Å². The topological polar surface area (TPSA) is 102 Å². The van der Waals surface area contributed by atoms with Crippen LogP contribution in [0.3, 0.4) is 0 Å². The van der Waals surface area contributed by atoms with Gasteiger partial charge in [0.2, 0.25) is 0 Å². The van der Waals surface area contributed by atoms with Crippen molar-refractivity contribution < 1.29 is 9.72 Å². The average molecular weight is 278 g/mol. The predicted octanol–water partition coefficient (Wildman–Crippen LogP) is 1.80. The van der Waals surface area contributed by atoms with E-state index in [9.17, 15) is 14.9 Å². The highest BCUT2D eigenvalue weighted by molar-refractivity contribution is 5.89. The molecular weight excluding hydrogens is 260 g/mol. The second kappa shape index (κ2) is 5.87. The normalized spacial score (nSPS) is 22.4. The summed E-state index contributed by atoms with van der Waals surface area (Å²) in [5.41, 5.74) is 6.29. The van der Waals surface area contributed by atoms with Gasteiger partial charge in [0.25, 0.3) is 5.69 Å². The van der Waals surface area contributed by atoms with Crippen LogP contribution in [0.15, 0.2) is 24.3 Å². The van der Waals surface area contributed by atoms with Gasteiger partial charge in [-0.1, -0.05) is 13.0 Å². The molecule has 0 radical (unpaired) electrons. The summed E-state index contributed by atoms with van der Waals surface area (Å²) < 4.78 is 0. The molecule has 2 atom stereocenters. The highest BCUT2D eigenvalue weighted by Crippen LogP contribution is 2.19. The Labute approximate surface area is 116 Å². The van der Waals surface area contributed by atoms with Crippen LogP contribution in [0.4, 0.5) is 16.2 Å². The number of nitrogens with one attached hydrogen (secondary N) is 1. The fourth-order valence-electron chi connectivity index (χ4n) is 2.25. The van der Waals surface area contributed by atoms with Gasteiger partial charge in [-0.2, -0.15) is 0 Å². The molecule has 2 rings (SSSR count). The van der Waals surface area contributed by atoms with Crippen LogP contribution < -0.4 is 11.1 Å². The molecule has 3 N–H and O–H groups in total. The highest BCUT2D eigenvalue weighted by Gasteiger charge is 2.26. The van der Waals surface area contributed by atoms with Gasteiger partial charge >= 0.3 is 6.03 Å². The molecule has 1 fully saturated rings. The molecule has 0 aromatic heterocycles. The second-order valence-corrected chi connectivity index (χ2v) is 5.11. The first kappa shape index (κ1) is 14.3. The number of hydrogen-bond acceptors (Lipinski definition) is 4. The first-order valence-electron chi connectivity index (χ1n) is 6.53. The molecule has 20 heavy (non-hydrogen) atoms. The van der Waals surface area contributed by atoms with E-state index in [1.165, 1.54) is 12.1 Å². The van der Waals surface area contributed by atoms with Crippen molar-refractivity contribution in [3.63, 3.8) is 0 Å². The fourth-order valence-corrected chi connectivity index (χ4v) is 2.25. The Morgan fingerprint density at radius 2 is 2.30 bits per heavy atom. The maximum absolute atomic E-state index is 12.1. The van der Waals surface area contributed by atoms with Crippen LogP contribution in [0.25, 0.3) is 0 Å². The summed E-state index contributed by atoms with van der Waals surface area (Å²) >= 11 is 0. The average Bonchev–Trinajstić information content (AvgIpc) is 2.42. The molecule has 0 bridgehead atoms. The molecule has 2 unspecified atom stereocenters. The van der Waals surface area contributed by atoms with Gasteiger partial charge < -0.3 is 16.0 Å². The van der Waals surface area contributed by atoms with Crippen molar-refractivity contribution in [2.75, 3.05) is 18.4 Å². The number of amides is 2. The minimum Gasteiger partial charge on any atom is -0.327 e. The summed E-state index contributed by atoms with van der Waals surface area (Å²) in [5.74, 6) is 0.250. The number of piperidine rings is 1. The molecule has 1 aliphatic heterocycles. The number of nitrogens with two attached hydrogens (primary N) is 1. The first-order valence-corrected chi connectivity index (χ1v) is 6.53. The standard InChI is InChI=1S/C13H18N4O3/c1-9-8-16(6-5-12(9)14)13(18)15-10-3-2-4-11(7-10)17(19)20/h2-4,7,9,12H,5-6,8,14H2,1H3,(H,15,18). The highest BCUT2D eigenvalue weighted by atomic mass is 16.6. The van der Waals surface area contributed by atoms with Crippen molar-refractivity contribution in [2.45, 2.75) is 19.4 Å². The van der Waals surface area contributed by atoms with Crippen molar-refractivity contribution in [3.05, 3.63) is 34.4 Å². The Bertz CT molecular complexity index is 520. The number of hydrogen-bond donors (Lipinski definition) is 2. The quantitative estimate of drug-likeness (QED) is 0.636. The first-order chi connectivity index (χ1) is 9.47. The number of carbonyl (C=O) groups excluding carboxylic acids is 1. The lowest BCUT2D eigenvalue weighted by Crippen LogP contribution is -2.49. The van der Waals surface area contributed by atoms with Crippen LogP contribution in [0.2, 0.25) is 0 Å². The van der Waals surface area contributed by atoms with Gasteiger partial charge in [0, 0.05) is 37.0 Å². The van der Waals surface area contributed by atoms with Gasteiger partial charge in [-0.05, 0) is 18.4 Å². The van der Waals surface area contributed by atoms with Crippen molar-refractivity contribution in [1.29, 1.82) is 0 Å². The number of benzene rings is 1. The summed E-state index contributed by atoms with van der Waals surface area (Å²) in [6, 6.07) is 5.78. The molecule has 2 amide bonds. The lowest BCUT2D eigenvalue weighted by Gasteiger charge is -2.35. The number of rotatable bonds is 2. The number of nitrogens with zero attached hydrogens (tertiary/aromatic N) is 2. The molecule has 7 nitrogen and oxygen atoms in total. The number of nitro benzene ring substituents is 1. The Morgan fingerprint density at radius 3 is 2.95 bits per heavy atom. The van der Waals surface area contributed by atoms with Crippen LogP contribution in [0.1, 0.15) is 13.3 Å². The third-order valence-corrected chi connectivity index (χ3v) is 3.57. The monoisotopic (exact) mass is 278 g/mol. The van der Waals surface area contributed by atoms with E-state index in [0.29, 0.717) is 18.8 Å². The Kier molecular flexibility index (Phi) is 4.19. The van der Waals surface area contributed by atoms with E-state index in [4.69, 9.17) is 5.73 Å². The lowest BCUT2D eigenvalue weighted by atomic mass is 9.95. The number of carbonyl (C=O) groups is 1. The fraction of sp³-hybridized carbons (Fsp3) is 0.462. The maximum atomic E-state index is 12.1. The lowest BCUT2D eigenvalue weighted by molar-refractivity contribution is -0.384. The Morgan fingerprint density at radius 1 is 1.55 bits per heavy atom. The van der Waals surface area contributed by atoms with Gasteiger partial charge in [-0.25, -0.2) is 4.79 Å². The summed E-state index contributed by atoms with van der Waals surface area (Å²) in [6.45, 7) is 3.21. The minimum absolute atomic E-state index is 0.0446. The molecule has 1 aromatic rings. The van der Waals surface area contributed by atoms with Crippen LogP contribution in [0, 0.1) is 16.0 Å². The summed E-state index contributed by atoms with van der Waals surface area (Å²) in [4.78, 5) is 24.0. The minimum atomic E-state index is -0.488. The summed E-state index contributed by atoms with van der Waals surface area (Å²) in [7, 11) is 0. The molecule has 0 spiro atoms. The van der Waals surface area contributed by atoms with Crippen LogP contribution in [0.5, 0.6) is 0 Å². The molecule has 1 saturated heterocycles. The summed E-state index contributed by atoms with van der Waals surface area (Å²) in [5, 5.41) is 13.4. The number of anilines is 1. The van der Waals surface area contributed by atoms with E-state index in [-0.39, 0.29) is 23.7 Å². The van der Waals surface area contributed by atoms with Crippen LogP contribution in [-0.2, 0) is 0 Å². The van der Waals surface area contributed by atoms with Crippen LogP contribution in [-0.4, -0.2) is 35.0 Å². The number of non-ortho nitro benzene ring substituents is 1. The van der Waals surface area contributed by atoms with Gasteiger partial charge in [-0.15, -0.1) is 0 Å². The van der Waals surface area contributed by atoms with Crippen molar-refractivity contribution in [3.8, 4) is 0 Å². The van der Waals surface area contributed by atoms with Crippen molar-refractivity contribution in [1.82, 2.24) is 4.90 Å². The maximum Gasteiger partial charge on any atom is 0.321 e. The van der Waals surface area contributed by atoms with Gasteiger partial charge in [0.15, 0.2) is 0 Å². The molecule has 1 aromatic carbocycles. The second-order valence-electron chi connectivity index (χ2n) is 5.11. The molecule has 1 heterocycles. The number of urea groups is 1. The van der Waals surface area contributed by atoms with Crippen LogP contribution >= 0.6 is 0 Å². The van der Waals surface area contributed by atoms with Gasteiger partial charge in [0.05, 0.1) is 4.92 Å². The largest absolute Gasteiger partial charge is 0.327 e. The zero-order valence-electron chi connectivity index (χ0n) is 11.3. The van der Waals surface area contributed by atoms with Gasteiger partial charge in [0.1, 0.15) is 0 Å². The van der Waals surface area contributed by atoms with E-state index in [1.54, 1.807) is 17.0 Å². The van der Waals surface area contributed by atoms with E-state index < -0.39 is 4.92 Å². The Hall–Kier alpha value is -2.15. The summed E-state index contributed by atoms with van der Waals surface area (Å²) in [6.07, 6.45) is 0.767. The zero-order chi connectivity index (χ0) is 14.7. The molecule has 1 aliphatic rings. The van der Waals surface area contributed by atoms with E-state index in [1.807, 2.05) is 6.92 Å². The third-order valence-electron chi connectivity index (χ3n) is 3.57. The number of likely N-dealkylation sites (tertiary alicyclic amines) is 1. The van der Waals surface area contributed by atoms with Gasteiger partial charge in [-0.3, -0.25) is 10.1 Å². The van der Waals surface area contributed by atoms with E-state index in [0.717, 1.165) is 6.42 Å². The Balaban J connectivity index is 2.01. The van der Waals surface area contributed by atoms with E-state index in [2.05, 4.69) is 5.32 Å². The number of nitro groups is 1. The van der Waals surface area contributed by atoms with E-state index >= 15 is 0 Å². The molecule has 108 valence electrons. The smallest absolute Gasteiger partial charge is 0.321 e. The molecule has 7 heteroatoms. The zero-order valence-corrected chi connectivity index (χ0v) is 11.3. The molecule has 0 aliphatic carbocycles. The predicted molar refractivity (Wildman–Crippen MR) is 75.4 cm³/mol. The SMILES string of the molecule is CC1CN(C(=O)Nc2cccc([N+](=O)[O-])c2)CCC1N. The molecule has 0 saturated carbocycles.